The molecule has 5 heteroatoms. The van der Waals surface area contributed by atoms with E-state index in [-0.39, 0.29) is 24.7 Å². The van der Waals surface area contributed by atoms with Gasteiger partial charge in [-0.15, -0.1) is 0 Å². The average molecular weight is 284 g/mol. The first kappa shape index (κ1) is 16.8. The van der Waals surface area contributed by atoms with Crippen LogP contribution in [-0.4, -0.2) is 40.6 Å². The Hall–Kier alpha value is -1.26. The molecule has 0 aromatic rings. The van der Waals surface area contributed by atoms with Crippen molar-refractivity contribution < 1.29 is 14.7 Å². The standard InChI is InChI=1S/C15H28N2O3/c1-5-11(2)17(10-13(18)19)14(20)16-12-6-8-15(3,4)9-7-12/h11-12H,5-10H2,1-4H3,(H,16,20)(H,18,19). The second-order valence-corrected chi connectivity index (χ2v) is 6.67. The quantitative estimate of drug-likeness (QED) is 0.815. The largest absolute Gasteiger partial charge is 0.480 e. The molecule has 0 aliphatic heterocycles. The topological polar surface area (TPSA) is 69.6 Å². The van der Waals surface area contributed by atoms with Crippen molar-refractivity contribution in [3.63, 3.8) is 0 Å². The molecule has 1 aliphatic carbocycles. The summed E-state index contributed by atoms with van der Waals surface area (Å²) in [6.07, 6.45) is 4.89. The Kier molecular flexibility index (Phi) is 5.84. The molecule has 0 aromatic heterocycles. The van der Waals surface area contributed by atoms with Gasteiger partial charge in [-0.2, -0.15) is 0 Å². The van der Waals surface area contributed by atoms with Gasteiger partial charge in [0.2, 0.25) is 0 Å². The number of hydrogen-bond acceptors (Lipinski definition) is 2. The lowest BCUT2D eigenvalue weighted by Gasteiger charge is -2.36. The van der Waals surface area contributed by atoms with Crippen molar-refractivity contribution in [1.29, 1.82) is 0 Å². The zero-order chi connectivity index (χ0) is 15.3. The number of amides is 2. The highest BCUT2D eigenvalue weighted by atomic mass is 16.4. The van der Waals surface area contributed by atoms with Crippen LogP contribution in [-0.2, 0) is 4.79 Å². The molecule has 2 amide bonds. The molecule has 1 aliphatic rings. The number of carboxylic acid groups (broad SMARTS) is 1. The van der Waals surface area contributed by atoms with Crippen LogP contribution in [0.5, 0.6) is 0 Å². The van der Waals surface area contributed by atoms with Crippen LogP contribution < -0.4 is 5.32 Å². The van der Waals surface area contributed by atoms with E-state index in [1.165, 1.54) is 4.90 Å². The molecule has 116 valence electrons. The van der Waals surface area contributed by atoms with Gasteiger partial charge in [0.15, 0.2) is 0 Å². The van der Waals surface area contributed by atoms with Gasteiger partial charge in [0.05, 0.1) is 0 Å². The third-order valence-corrected chi connectivity index (χ3v) is 4.36. The Labute approximate surface area is 121 Å². The molecule has 1 fully saturated rings. The number of hydrogen-bond donors (Lipinski definition) is 2. The predicted molar refractivity (Wildman–Crippen MR) is 78.7 cm³/mol. The molecule has 0 spiro atoms. The maximum Gasteiger partial charge on any atom is 0.323 e. The van der Waals surface area contributed by atoms with Crippen LogP contribution in [0.2, 0.25) is 0 Å². The molecule has 0 saturated heterocycles. The van der Waals surface area contributed by atoms with Crippen molar-refractivity contribution in [1.82, 2.24) is 10.2 Å². The minimum atomic E-state index is -0.967. The Balaban J connectivity index is 2.56. The first-order chi connectivity index (χ1) is 9.25. The highest BCUT2D eigenvalue weighted by Crippen LogP contribution is 2.35. The number of carbonyl (C=O) groups is 2. The summed E-state index contributed by atoms with van der Waals surface area (Å²) in [6.45, 7) is 8.10. The summed E-state index contributed by atoms with van der Waals surface area (Å²) in [7, 11) is 0. The summed E-state index contributed by atoms with van der Waals surface area (Å²) in [4.78, 5) is 24.6. The fourth-order valence-corrected chi connectivity index (χ4v) is 2.60. The molecule has 1 unspecified atom stereocenters. The van der Waals surface area contributed by atoms with Crippen molar-refractivity contribution in [2.45, 2.75) is 71.9 Å². The predicted octanol–water partition coefficient (Wildman–Crippen LogP) is 2.85. The van der Waals surface area contributed by atoms with Gasteiger partial charge in [0.1, 0.15) is 6.54 Å². The second-order valence-electron chi connectivity index (χ2n) is 6.67. The zero-order valence-electron chi connectivity index (χ0n) is 13.1. The fourth-order valence-electron chi connectivity index (χ4n) is 2.60. The summed E-state index contributed by atoms with van der Waals surface area (Å²) < 4.78 is 0. The van der Waals surface area contributed by atoms with E-state index in [4.69, 9.17) is 5.11 Å². The van der Waals surface area contributed by atoms with E-state index in [1.54, 1.807) is 0 Å². The minimum absolute atomic E-state index is 0.0638. The fraction of sp³-hybridized carbons (Fsp3) is 0.867. The van der Waals surface area contributed by atoms with Crippen molar-refractivity contribution in [2.75, 3.05) is 6.54 Å². The average Bonchev–Trinajstić information content (AvgIpc) is 2.37. The van der Waals surface area contributed by atoms with E-state index in [0.29, 0.717) is 5.41 Å². The van der Waals surface area contributed by atoms with Crippen molar-refractivity contribution in [2.24, 2.45) is 5.41 Å². The van der Waals surface area contributed by atoms with E-state index in [9.17, 15) is 9.59 Å². The Morgan fingerprint density at radius 2 is 1.90 bits per heavy atom. The highest BCUT2D eigenvalue weighted by Gasteiger charge is 2.29. The van der Waals surface area contributed by atoms with Gasteiger partial charge in [-0.05, 0) is 44.4 Å². The number of carbonyl (C=O) groups excluding carboxylic acids is 1. The van der Waals surface area contributed by atoms with E-state index in [1.807, 2.05) is 13.8 Å². The second kappa shape index (κ2) is 6.95. The third kappa shape index (κ3) is 5.02. The monoisotopic (exact) mass is 284 g/mol. The number of rotatable bonds is 5. The van der Waals surface area contributed by atoms with Crippen LogP contribution in [0.1, 0.15) is 59.8 Å². The third-order valence-electron chi connectivity index (χ3n) is 4.36. The SMILES string of the molecule is CCC(C)N(CC(=O)O)C(=O)NC1CCC(C)(C)CC1. The van der Waals surface area contributed by atoms with Crippen LogP contribution in [0.15, 0.2) is 0 Å². The number of nitrogens with one attached hydrogen (secondary N) is 1. The highest BCUT2D eigenvalue weighted by molar-refractivity contribution is 5.80. The molecule has 0 aromatic carbocycles. The molecular formula is C15H28N2O3. The first-order valence-corrected chi connectivity index (χ1v) is 7.54. The Morgan fingerprint density at radius 1 is 1.35 bits per heavy atom. The van der Waals surface area contributed by atoms with E-state index >= 15 is 0 Å². The molecule has 0 heterocycles. The first-order valence-electron chi connectivity index (χ1n) is 7.54. The molecule has 5 nitrogen and oxygen atoms in total. The van der Waals surface area contributed by atoms with E-state index < -0.39 is 5.97 Å². The molecule has 2 N–H and O–H groups in total. The number of aliphatic carboxylic acids is 1. The van der Waals surface area contributed by atoms with E-state index in [0.717, 1.165) is 32.1 Å². The smallest absolute Gasteiger partial charge is 0.323 e. The molecule has 0 bridgehead atoms. The number of carboxylic acids is 1. The molecule has 1 atom stereocenters. The summed E-state index contributed by atoms with van der Waals surface area (Å²) in [5, 5.41) is 11.9. The van der Waals surface area contributed by atoms with Gasteiger partial charge in [0, 0.05) is 12.1 Å². The molecule has 1 saturated carbocycles. The number of urea groups is 1. The van der Waals surface area contributed by atoms with Crippen LogP contribution >= 0.6 is 0 Å². The zero-order valence-corrected chi connectivity index (χ0v) is 13.1. The molecule has 1 rings (SSSR count). The summed E-state index contributed by atoms with van der Waals surface area (Å²) in [5.41, 5.74) is 0.360. The Bertz CT molecular complexity index is 345. The van der Waals surface area contributed by atoms with E-state index in [2.05, 4.69) is 19.2 Å². The van der Waals surface area contributed by atoms with Crippen molar-refractivity contribution in [3.05, 3.63) is 0 Å². The van der Waals surface area contributed by atoms with Gasteiger partial charge in [-0.1, -0.05) is 20.8 Å². The number of nitrogens with zero attached hydrogens (tertiary/aromatic N) is 1. The van der Waals surface area contributed by atoms with Crippen LogP contribution in [0.4, 0.5) is 4.79 Å². The van der Waals surface area contributed by atoms with Gasteiger partial charge in [0.25, 0.3) is 0 Å². The van der Waals surface area contributed by atoms with Gasteiger partial charge in [-0.3, -0.25) is 4.79 Å². The maximum absolute atomic E-state index is 12.3. The summed E-state index contributed by atoms with van der Waals surface area (Å²) in [5.74, 6) is -0.967. The molecule has 20 heavy (non-hydrogen) atoms. The van der Waals surface area contributed by atoms with Crippen molar-refractivity contribution >= 4 is 12.0 Å². The van der Waals surface area contributed by atoms with Crippen LogP contribution in [0.3, 0.4) is 0 Å². The lowest BCUT2D eigenvalue weighted by atomic mass is 9.75. The van der Waals surface area contributed by atoms with Gasteiger partial charge in [-0.25, -0.2) is 4.79 Å². The summed E-state index contributed by atoms with van der Waals surface area (Å²) in [6, 6.07) is -0.131. The summed E-state index contributed by atoms with van der Waals surface area (Å²) >= 11 is 0. The van der Waals surface area contributed by atoms with Crippen LogP contribution in [0, 0.1) is 5.41 Å². The van der Waals surface area contributed by atoms with Crippen molar-refractivity contribution in [3.8, 4) is 0 Å². The minimum Gasteiger partial charge on any atom is -0.480 e. The molecular weight excluding hydrogens is 256 g/mol. The molecule has 0 radical (unpaired) electrons. The van der Waals surface area contributed by atoms with Gasteiger partial charge < -0.3 is 15.3 Å². The Morgan fingerprint density at radius 3 is 2.35 bits per heavy atom. The lowest BCUT2D eigenvalue weighted by Crippen LogP contribution is -2.51. The lowest BCUT2D eigenvalue weighted by molar-refractivity contribution is -0.138. The maximum atomic E-state index is 12.3. The normalized spacial score (nSPS) is 20.2. The van der Waals surface area contributed by atoms with Gasteiger partial charge >= 0.3 is 12.0 Å². The van der Waals surface area contributed by atoms with Crippen LogP contribution in [0.25, 0.3) is 0 Å².